The van der Waals surface area contributed by atoms with E-state index in [1.54, 1.807) is 0 Å². The summed E-state index contributed by atoms with van der Waals surface area (Å²) in [6.07, 6.45) is 6.25. The van der Waals surface area contributed by atoms with Gasteiger partial charge in [-0.15, -0.1) is 0 Å². The molecule has 0 aliphatic heterocycles. The van der Waals surface area contributed by atoms with Gasteiger partial charge in [0.25, 0.3) is 0 Å². The average Bonchev–Trinajstić information content (AvgIpc) is 2.11. The van der Waals surface area contributed by atoms with E-state index >= 15 is 0 Å². The second kappa shape index (κ2) is 3.22. The first-order valence-corrected chi connectivity index (χ1v) is 6.84. The molecule has 4 aliphatic rings. The molecule has 4 saturated carbocycles. The van der Waals surface area contributed by atoms with E-state index in [1.165, 1.54) is 26.2 Å². The van der Waals surface area contributed by atoms with E-state index in [2.05, 4.69) is 15.9 Å². The standard InChI is InChI=1S/C12H17BrO2/c1-7(14)15-12-5-8-2-9(6-12)4-10(3-8)11(12)13/h8-11H,2-6H2,1H3. The third-order valence-corrected chi connectivity index (χ3v) is 6.05. The third-order valence-electron chi connectivity index (χ3n) is 4.47. The molecule has 3 atom stereocenters. The minimum Gasteiger partial charge on any atom is -0.458 e. The molecular weight excluding hydrogens is 256 g/mol. The molecule has 4 aliphatic carbocycles. The van der Waals surface area contributed by atoms with Crippen molar-refractivity contribution in [1.82, 2.24) is 0 Å². The van der Waals surface area contributed by atoms with Gasteiger partial charge in [0.2, 0.25) is 0 Å². The van der Waals surface area contributed by atoms with Gasteiger partial charge in [0, 0.05) is 6.92 Å². The highest BCUT2D eigenvalue weighted by Crippen LogP contribution is 2.59. The highest BCUT2D eigenvalue weighted by Gasteiger charge is 2.58. The molecule has 3 heteroatoms. The van der Waals surface area contributed by atoms with Gasteiger partial charge in [-0.2, -0.15) is 0 Å². The first-order chi connectivity index (χ1) is 7.09. The Hall–Kier alpha value is -0.0500. The fourth-order valence-corrected chi connectivity index (χ4v) is 5.23. The SMILES string of the molecule is CC(=O)OC12CC3CC(CC(C3)C1Br)C2. The zero-order valence-corrected chi connectivity index (χ0v) is 10.6. The summed E-state index contributed by atoms with van der Waals surface area (Å²) in [6.45, 7) is 1.54. The van der Waals surface area contributed by atoms with E-state index < -0.39 is 0 Å². The van der Waals surface area contributed by atoms with Crippen LogP contribution in [0.1, 0.15) is 39.0 Å². The van der Waals surface area contributed by atoms with Crippen molar-refractivity contribution < 1.29 is 9.53 Å². The fraction of sp³-hybridized carbons (Fsp3) is 0.917. The van der Waals surface area contributed by atoms with Crippen LogP contribution in [0.3, 0.4) is 0 Å². The van der Waals surface area contributed by atoms with Crippen molar-refractivity contribution in [1.29, 1.82) is 0 Å². The van der Waals surface area contributed by atoms with Crippen molar-refractivity contribution in [3.8, 4) is 0 Å². The lowest BCUT2D eigenvalue weighted by molar-refractivity contribution is -0.180. The zero-order chi connectivity index (χ0) is 10.6. The van der Waals surface area contributed by atoms with Crippen LogP contribution in [0.2, 0.25) is 0 Å². The summed E-state index contributed by atoms with van der Waals surface area (Å²) in [5, 5.41) is 0. The zero-order valence-electron chi connectivity index (χ0n) is 9.04. The first-order valence-electron chi connectivity index (χ1n) is 5.93. The molecule has 3 unspecified atom stereocenters. The van der Waals surface area contributed by atoms with Gasteiger partial charge in [-0.1, -0.05) is 15.9 Å². The summed E-state index contributed by atoms with van der Waals surface area (Å²) in [5.74, 6) is 2.27. The number of halogens is 1. The van der Waals surface area contributed by atoms with Gasteiger partial charge >= 0.3 is 5.97 Å². The molecule has 0 aromatic heterocycles. The Kier molecular flexibility index (Phi) is 2.17. The van der Waals surface area contributed by atoms with Gasteiger partial charge in [-0.3, -0.25) is 4.79 Å². The molecule has 0 radical (unpaired) electrons. The molecule has 15 heavy (non-hydrogen) atoms. The normalized spacial score (nSPS) is 51.9. The number of carbonyl (C=O) groups is 1. The molecule has 2 nitrogen and oxygen atoms in total. The van der Waals surface area contributed by atoms with Crippen LogP contribution in [0.5, 0.6) is 0 Å². The summed E-state index contributed by atoms with van der Waals surface area (Å²) in [7, 11) is 0. The third kappa shape index (κ3) is 1.46. The summed E-state index contributed by atoms with van der Waals surface area (Å²) >= 11 is 3.79. The quantitative estimate of drug-likeness (QED) is 0.542. The Bertz CT molecular complexity index is 288. The monoisotopic (exact) mass is 272 g/mol. The van der Waals surface area contributed by atoms with E-state index in [9.17, 15) is 4.79 Å². The van der Waals surface area contributed by atoms with Crippen molar-refractivity contribution in [3.63, 3.8) is 0 Å². The van der Waals surface area contributed by atoms with Crippen molar-refractivity contribution in [3.05, 3.63) is 0 Å². The Morgan fingerprint density at radius 1 is 1.27 bits per heavy atom. The van der Waals surface area contributed by atoms with Crippen LogP contribution < -0.4 is 0 Å². The number of ether oxygens (including phenoxy) is 1. The van der Waals surface area contributed by atoms with Crippen molar-refractivity contribution in [2.75, 3.05) is 0 Å². The minimum absolute atomic E-state index is 0.110. The summed E-state index contributed by atoms with van der Waals surface area (Å²) < 4.78 is 5.68. The van der Waals surface area contributed by atoms with Gasteiger partial charge in [0.05, 0.1) is 4.83 Å². The number of carbonyl (C=O) groups excluding carboxylic acids is 1. The molecule has 84 valence electrons. The lowest BCUT2D eigenvalue weighted by Gasteiger charge is -2.58. The van der Waals surface area contributed by atoms with Crippen molar-refractivity contribution in [2.24, 2.45) is 17.8 Å². The smallest absolute Gasteiger partial charge is 0.303 e. The molecule has 0 aromatic carbocycles. The minimum atomic E-state index is -0.152. The lowest BCUT2D eigenvalue weighted by atomic mass is 9.54. The van der Waals surface area contributed by atoms with Gasteiger partial charge < -0.3 is 4.74 Å². The predicted molar refractivity (Wildman–Crippen MR) is 60.8 cm³/mol. The van der Waals surface area contributed by atoms with Crippen LogP contribution in [0, 0.1) is 17.8 Å². The van der Waals surface area contributed by atoms with E-state index in [1.807, 2.05) is 0 Å². The van der Waals surface area contributed by atoms with Crippen molar-refractivity contribution in [2.45, 2.75) is 49.5 Å². The molecule has 4 fully saturated rings. The van der Waals surface area contributed by atoms with Gasteiger partial charge in [0.15, 0.2) is 0 Å². The predicted octanol–water partition coefficient (Wildman–Crippen LogP) is 2.89. The van der Waals surface area contributed by atoms with E-state index in [0.717, 1.165) is 30.6 Å². The molecule has 4 bridgehead atoms. The van der Waals surface area contributed by atoms with Crippen LogP contribution in [-0.4, -0.2) is 16.4 Å². The van der Waals surface area contributed by atoms with Crippen LogP contribution in [0.25, 0.3) is 0 Å². The topological polar surface area (TPSA) is 26.3 Å². The lowest BCUT2D eigenvalue weighted by Crippen LogP contribution is -2.59. The molecule has 4 rings (SSSR count). The molecule has 0 aromatic rings. The fourth-order valence-electron chi connectivity index (χ4n) is 4.33. The summed E-state index contributed by atoms with van der Waals surface area (Å²) in [4.78, 5) is 11.6. The van der Waals surface area contributed by atoms with Gasteiger partial charge in [-0.25, -0.2) is 0 Å². The van der Waals surface area contributed by atoms with Gasteiger partial charge in [0.1, 0.15) is 5.60 Å². The largest absolute Gasteiger partial charge is 0.458 e. The Morgan fingerprint density at radius 2 is 1.87 bits per heavy atom. The maximum absolute atomic E-state index is 11.2. The number of hydrogen-bond acceptors (Lipinski definition) is 2. The van der Waals surface area contributed by atoms with Gasteiger partial charge in [-0.05, 0) is 49.9 Å². The molecule has 0 N–H and O–H groups in total. The first kappa shape index (κ1) is 10.1. The van der Waals surface area contributed by atoms with Crippen LogP contribution in [-0.2, 0) is 9.53 Å². The van der Waals surface area contributed by atoms with E-state index in [0.29, 0.717) is 4.83 Å². The maximum Gasteiger partial charge on any atom is 0.303 e. The van der Waals surface area contributed by atoms with E-state index in [-0.39, 0.29) is 11.6 Å². The second-order valence-corrected chi connectivity index (χ2v) is 6.65. The molecular formula is C12H17BrO2. The van der Waals surface area contributed by atoms with Crippen LogP contribution in [0.15, 0.2) is 0 Å². The Labute approximate surface area is 98.9 Å². The number of hydrogen-bond donors (Lipinski definition) is 0. The molecule has 0 spiro atoms. The number of esters is 1. The summed E-state index contributed by atoms with van der Waals surface area (Å²) in [6, 6.07) is 0. The number of alkyl halides is 1. The highest BCUT2D eigenvalue weighted by molar-refractivity contribution is 9.09. The highest BCUT2D eigenvalue weighted by atomic mass is 79.9. The maximum atomic E-state index is 11.2. The second-order valence-electron chi connectivity index (χ2n) is 5.67. The van der Waals surface area contributed by atoms with Crippen molar-refractivity contribution >= 4 is 21.9 Å². The van der Waals surface area contributed by atoms with E-state index in [4.69, 9.17) is 4.74 Å². The molecule has 0 amide bonds. The average molecular weight is 273 g/mol. The molecule has 0 heterocycles. The summed E-state index contributed by atoms with van der Waals surface area (Å²) in [5.41, 5.74) is -0.152. The van der Waals surface area contributed by atoms with Crippen LogP contribution in [0.4, 0.5) is 0 Å². The molecule has 0 saturated heterocycles. The Balaban J connectivity index is 1.90. The van der Waals surface area contributed by atoms with Crippen LogP contribution >= 0.6 is 15.9 Å². The Morgan fingerprint density at radius 3 is 2.40 bits per heavy atom. The number of rotatable bonds is 1.